The highest BCUT2D eigenvalue weighted by Crippen LogP contribution is 2.42. The maximum absolute atomic E-state index is 11.6. The first-order valence-electron chi connectivity index (χ1n) is 6.29. The Balaban J connectivity index is 2.80. The van der Waals surface area contributed by atoms with Gasteiger partial charge in [0.2, 0.25) is 0 Å². The van der Waals surface area contributed by atoms with E-state index in [0.717, 1.165) is 22.5 Å². The van der Waals surface area contributed by atoms with E-state index in [0.29, 0.717) is 16.5 Å². The van der Waals surface area contributed by atoms with Crippen LogP contribution >= 0.6 is 11.6 Å². The average molecular weight is 306 g/mol. The van der Waals surface area contributed by atoms with E-state index in [-0.39, 0.29) is 0 Å². The molecule has 0 atom stereocenters. The molecule has 2 aromatic rings. The Morgan fingerprint density at radius 3 is 2.57 bits per heavy atom. The van der Waals surface area contributed by atoms with Crippen LogP contribution in [0, 0.1) is 0 Å². The lowest BCUT2D eigenvalue weighted by atomic mass is 10.1. The Kier molecular flexibility index (Phi) is 4.38. The van der Waals surface area contributed by atoms with Crippen LogP contribution in [0.4, 0.5) is 5.69 Å². The number of esters is 1. The summed E-state index contributed by atoms with van der Waals surface area (Å²) < 4.78 is 10.8. The van der Waals surface area contributed by atoms with Gasteiger partial charge in [-0.15, -0.1) is 0 Å². The van der Waals surface area contributed by atoms with Crippen molar-refractivity contribution in [2.75, 3.05) is 26.1 Å². The minimum atomic E-state index is -0.514. The molecule has 0 aliphatic carbocycles. The van der Waals surface area contributed by atoms with E-state index in [1.807, 2.05) is 25.1 Å². The highest BCUT2D eigenvalue weighted by atomic mass is 35.5. The lowest BCUT2D eigenvalue weighted by molar-refractivity contribution is -0.128. The normalized spacial score (nSPS) is 10.3. The molecule has 0 bridgehead atoms. The largest absolute Gasteiger partial charge is 0.496 e. The number of fused-ring (bicyclic) bond motifs is 1. The minimum Gasteiger partial charge on any atom is -0.496 e. The van der Waals surface area contributed by atoms with E-state index in [1.165, 1.54) is 0 Å². The van der Waals surface area contributed by atoms with Crippen molar-refractivity contribution >= 4 is 34.0 Å². The van der Waals surface area contributed by atoms with Crippen LogP contribution in [0.2, 0.25) is 5.02 Å². The van der Waals surface area contributed by atoms with Gasteiger partial charge in [-0.3, -0.25) is 0 Å². The highest BCUT2D eigenvalue weighted by molar-refractivity contribution is 6.31. The summed E-state index contributed by atoms with van der Waals surface area (Å²) in [7, 11) is 5.31. The quantitative estimate of drug-likeness (QED) is 0.491. The van der Waals surface area contributed by atoms with Crippen LogP contribution in [-0.4, -0.2) is 27.2 Å². The molecule has 0 radical (unpaired) electrons. The molecule has 0 saturated heterocycles. The SMILES string of the molecule is C=CC(=O)Oc1c(N(C)C)cc(OC)c2cc(Cl)ccc12. The number of hydrogen-bond acceptors (Lipinski definition) is 4. The molecule has 110 valence electrons. The van der Waals surface area contributed by atoms with Gasteiger partial charge in [-0.2, -0.15) is 0 Å². The first-order valence-corrected chi connectivity index (χ1v) is 6.67. The fraction of sp³-hybridized carbons (Fsp3) is 0.188. The zero-order valence-corrected chi connectivity index (χ0v) is 12.9. The molecule has 0 spiro atoms. The molecule has 5 heteroatoms. The molecule has 0 unspecified atom stereocenters. The smallest absolute Gasteiger partial charge is 0.335 e. The number of rotatable bonds is 4. The van der Waals surface area contributed by atoms with Crippen molar-refractivity contribution in [2.45, 2.75) is 0 Å². The molecule has 0 aliphatic rings. The lowest BCUT2D eigenvalue weighted by Gasteiger charge is -2.20. The zero-order chi connectivity index (χ0) is 15.6. The van der Waals surface area contributed by atoms with E-state index in [9.17, 15) is 4.79 Å². The fourth-order valence-electron chi connectivity index (χ4n) is 2.07. The van der Waals surface area contributed by atoms with Gasteiger partial charge in [0, 0.05) is 42.0 Å². The number of carbonyl (C=O) groups is 1. The van der Waals surface area contributed by atoms with Crippen LogP contribution in [0.1, 0.15) is 0 Å². The summed E-state index contributed by atoms with van der Waals surface area (Å²) in [5.41, 5.74) is 0.733. The molecule has 0 N–H and O–H groups in total. The molecule has 0 aromatic heterocycles. The molecule has 0 aliphatic heterocycles. The Morgan fingerprint density at radius 2 is 2.00 bits per heavy atom. The van der Waals surface area contributed by atoms with Gasteiger partial charge in [0.15, 0.2) is 5.75 Å². The number of anilines is 1. The van der Waals surface area contributed by atoms with E-state index < -0.39 is 5.97 Å². The van der Waals surface area contributed by atoms with Crippen LogP contribution < -0.4 is 14.4 Å². The van der Waals surface area contributed by atoms with Gasteiger partial charge in [0.1, 0.15) is 5.75 Å². The molecule has 4 nitrogen and oxygen atoms in total. The highest BCUT2D eigenvalue weighted by Gasteiger charge is 2.17. The summed E-state index contributed by atoms with van der Waals surface area (Å²) in [6.07, 6.45) is 1.13. The third-order valence-corrected chi connectivity index (χ3v) is 3.30. The molecule has 0 heterocycles. The summed E-state index contributed by atoms with van der Waals surface area (Å²) in [5.74, 6) is 0.603. The van der Waals surface area contributed by atoms with Crippen molar-refractivity contribution in [3.8, 4) is 11.5 Å². The second-order valence-corrected chi connectivity index (χ2v) is 5.07. The molecule has 21 heavy (non-hydrogen) atoms. The standard InChI is InChI=1S/C16H16ClNO3/c1-5-15(19)21-16-11-7-6-10(17)8-12(11)14(20-4)9-13(16)18(2)3/h5-9H,1H2,2-4H3. The topological polar surface area (TPSA) is 38.8 Å². The van der Waals surface area contributed by atoms with Crippen LogP contribution in [0.3, 0.4) is 0 Å². The summed E-state index contributed by atoms with van der Waals surface area (Å²) in [6, 6.07) is 7.14. The van der Waals surface area contributed by atoms with Gasteiger partial charge in [-0.05, 0) is 18.2 Å². The van der Waals surface area contributed by atoms with Crippen LogP contribution in [-0.2, 0) is 4.79 Å². The third kappa shape index (κ3) is 2.95. The number of carbonyl (C=O) groups excluding carboxylic acids is 1. The average Bonchev–Trinajstić information content (AvgIpc) is 2.46. The van der Waals surface area contributed by atoms with Crippen molar-refractivity contribution in [1.82, 2.24) is 0 Å². The maximum atomic E-state index is 11.6. The zero-order valence-electron chi connectivity index (χ0n) is 12.1. The van der Waals surface area contributed by atoms with Gasteiger partial charge in [-0.1, -0.05) is 18.2 Å². The number of hydrogen-bond donors (Lipinski definition) is 0. The lowest BCUT2D eigenvalue weighted by Crippen LogP contribution is -2.13. The van der Waals surface area contributed by atoms with Crippen LogP contribution in [0.15, 0.2) is 36.9 Å². The number of benzene rings is 2. The Hall–Kier alpha value is -2.20. The second kappa shape index (κ2) is 6.06. The predicted molar refractivity (Wildman–Crippen MR) is 85.7 cm³/mol. The second-order valence-electron chi connectivity index (χ2n) is 4.64. The molecule has 0 saturated carbocycles. The molecule has 0 amide bonds. The van der Waals surface area contributed by atoms with E-state index >= 15 is 0 Å². The summed E-state index contributed by atoms with van der Waals surface area (Å²) in [4.78, 5) is 13.5. The Morgan fingerprint density at radius 1 is 1.29 bits per heavy atom. The monoisotopic (exact) mass is 305 g/mol. The van der Waals surface area contributed by atoms with Crippen LogP contribution in [0.5, 0.6) is 11.5 Å². The maximum Gasteiger partial charge on any atom is 0.335 e. The van der Waals surface area contributed by atoms with Crippen molar-refractivity contribution in [2.24, 2.45) is 0 Å². The summed E-state index contributed by atoms with van der Waals surface area (Å²) >= 11 is 6.05. The van der Waals surface area contributed by atoms with Gasteiger partial charge in [0.05, 0.1) is 12.8 Å². The molecule has 0 fully saturated rings. The van der Waals surface area contributed by atoms with Gasteiger partial charge >= 0.3 is 5.97 Å². The third-order valence-electron chi connectivity index (χ3n) is 3.06. The summed E-state index contributed by atoms with van der Waals surface area (Å²) in [5, 5.41) is 2.11. The number of nitrogens with zero attached hydrogens (tertiary/aromatic N) is 1. The van der Waals surface area contributed by atoms with Crippen molar-refractivity contribution in [3.05, 3.63) is 41.9 Å². The fourth-order valence-corrected chi connectivity index (χ4v) is 2.25. The molecular formula is C16H16ClNO3. The van der Waals surface area contributed by atoms with Gasteiger partial charge < -0.3 is 14.4 Å². The van der Waals surface area contributed by atoms with E-state index in [2.05, 4.69) is 6.58 Å². The Labute approximate surface area is 128 Å². The van der Waals surface area contributed by atoms with Crippen molar-refractivity contribution in [1.29, 1.82) is 0 Å². The first kappa shape index (κ1) is 15.2. The Bertz CT molecular complexity index is 710. The first-order chi connectivity index (χ1) is 9.97. The molecule has 2 aromatic carbocycles. The van der Waals surface area contributed by atoms with Crippen LogP contribution in [0.25, 0.3) is 10.8 Å². The summed E-state index contributed by atoms with van der Waals surface area (Å²) in [6.45, 7) is 3.43. The molecule has 2 rings (SSSR count). The van der Waals surface area contributed by atoms with E-state index in [1.54, 1.807) is 25.3 Å². The van der Waals surface area contributed by atoms with E-state index in [4.69, 9.17) is 21.1 Å². The van der Waals surface area contributed by atoms with Gasteiger partial charge in [0.25, 0.3) is 0 Å². The number of halogens is 1. The predicted octanol–water partition coefficient (Wildman–Crippen LogP) is 3.66. The number of ether oxygens (including phenoxy) is 2. The van der Waals surface area contributed by atoms with Gasteiger partial charge in [-0.25, -0.2) is 4.79 Å². The number of methoxy groups -OCH3 is 1. The minimum absolute atomic E-state index is 0.456. The van der Waals surface area contributed by atoms with Crippen molar-refractivity contribution in [3.63, 3.8) is 0 Å². The van der Waals surface area contributed by atoms with Crippen molar-refractivity contribution < 1.29 is 14.3 Å². The molecular weight excluding hydrogens is 290 g/mol.